The monoisotopic (exact) mass is 252 g/mol. The highest BCUT2D eigenvalue weighted by Crippen LogP contribution is 2.04. The van der Waals surface area contributed by atoms with Crippen LogP contribution in [0.2, 0.25) is 0 Å². The van der Waals surface area contributed by atoms with Gasteiger partial charge >= 0.3 is 0 Å². The minimum atomic E-state index is 0.0569. The molecule has 1 aromatic rings. The van der Waals surface area contributed by atoms with Gasteiger partial charge in [-0.1, -0.05) is 5.16 Å². The van der Waals surface area contributed by atoms with Crippen molar-refractivity contribution in [3.63, 3.8) is 0 Å². The van der Waals surface area contributed by atoms with Crippen molar-refractivity contribution >= 4 is 5.78 Å². The van der Waals surface area contributed by atoms with Crippen LogP contribution in [0.25, 0.3) is 0 Å². The van der Waals surface area contributed by atoms with Crippen LogP contribution in [-0.2, 0) is 17.6 Å². The molecule has 0 spiro atoms. The van der Waals surface area contributed by atoms with Crippen LogP contribution in [0.5, 0.6) is 0 Å². The Kier molecular flexibility index (Phi) is 4.43. The molecule has 1 fully saturated rings. The number of rotatable bonds is 5. The number of Topliss-reactive ketones (excluding diaryl/α,β-unsaturated/α-hetero) is 1. The highest BCUT2D eigenvalue weighted by atomic mass is 16.5. The SMILES string of the molecule is CC(=O)Cc1noc(CCN2CCN(C)CC2)n1. The summed E-state index contributed by atoms with van der Waals surface area (Å²) in [5, 5.41) is 3.80. The number of carbonyl (C=O) groups excluding carboxylic acids is 1. The van der Waals surface area contributed by atoms with E-state index in [1.807, 2.05) is 0 Å². The van der Waals surface area contributed by atoms with Gasteiger partial charge in [-0.3, -0.25) is 4.79 Å². The van der Waals surface area contributed by atoms with Gasteiger partial charge in [0.05, 0.1) is 6.42 Å². The van der Waals surface area contributed by atoms with E-state index in [2.05, 4.69) is 27.0 Å². The maximum atomic E-state index is 10.9. The molecular weight excluding hydrogens is 232 g/mol. The summed E-state index contributed by atoms with van der Waals surface area (Å²) in [6.07, 6.45) is 1.02. The number of likely N-dealkylation sites (N-methyl/N-ethyl adjacent to an activating group) is 1. The molecule has 6 heteroatoms. The van der Waals surface area contributed by atoms with Crippen molar-refractivity contribution in [2.24, 2.45) is 0 Å². The minimum absolute atomic E-state index is 0.0569. The topological polar surface area (TPSA) is 62.5 Å². The van der Waals surface area contributed by atoms with Gasteiger partial charge in [0, 0.05) is 39.1 Å². The first-order valence-corrected chi connectivity index (χ1v) is 6.35. The fourth-order valence-corrected chi connectivity index (χ4v) is 2.01. The molecule has 0 unspecified atom stereocenters. The van der Waals surface area contributed by atoms with Gasteiger partial charge in [-0.2, -0.15) is 4.98 Å². The number of aromatic nitrogens is 2. The fourth-order valence-electron chi connectivity index (χ4n) is 2.01. The highest BCUT2D eigenvalue weighted by Gasteiger charge is 2.15. The zero-order valence-electron chi connectivity index (χ0n) is 11.1. The molecule has 1 aliphatic rings. The lowest BCUT2D eigenvalue weighted by atomic mass is 10.3. The fraction of sp³-hybridized carbons (Fsp3) is 0.750. The van der Waals surface area contributed by atoms with E-state index in [0.29, 0.717) is 11.7 Å². The summed E-state index contributed by atoms with van der Waals surface area (Å²) < 4.78 is 5.13. The van der Waals surface area contributed by atoms with E-state index in [9.17, 15) is 4.79 Å². The van der Waals surface area contributed by atoms with E-state index in [1.54, 1.807) is 0 Å². The van der Waals surface area contributed by atoms with Crippen molar-refractivity contribution in [2.45, 2.75) is 19.8 Å². The predicted molar refractivity (Wildman–Crippen MR) is 66.3 cm³/mol. The maximum absolute atomic E-state index is 10.9. The van der Waals surface area contributed by atoms with Gasteiger partial charge in [0.15, 0.2) is 5.82 Å². The van der Waals surface area contributed by atoms with Crippen LogP contribution in [0.4, 0.5) is 0 Å². The van der Waals surface area contributed by atoms with Crippen LogP contribution in [0.15, 0.2) is 4.52 Å². The van der Waals surface area contributed by atoms with Gasteiger partial charge < -0.3 is 14.3 Å². The van der Waals surface area contributed by atoms with Crippen molar-refractivity contribution in [2.75, 3.05) is 39.8 Å². The lowest BCUT2D eigenvalue weighted by Gasteiger charge is -2.31. The second kappa shape index (κ2) is 6.06. The Morgan fingerprint density at radius 2 is 2.06 bits per heavy atom. The van der Waals surface area contributed by atoms with Crippen LogP contribution in [-0.4, -0.2) is 65.5 Å². The summed E-state index contributed by atoms with van der Waals surface area (Å²) in [5.74, 6) is 1.18. The second-order valence-corrected chi connectivity index (χ2v) is 4.88. The quantitative estimate of drug-likeness (QED) is 0.734. The standard InChI is InChI=1S/C12H20N4O2/c1-10(17)9-11-13-12(18-14-11)3-4-16-7-5-15(2)6-8-16/h3-9H2,1-2H3. The van der Waals surface area contributed by atoms with Crippen LogP contribution in [0, 0.1) is 0 Å². The lowest BCUT2D eigenvalue weighted by Crippen LogP contribution is -2.45. The van der Waals surface area contributed by atoms with E-state index in [0.717, 1.165) is 39.1 Å². The summed E-state index contributed by atoms with van der Waals surface area (Å²) in [4.78, 5) is 19.9. The van der Waals surface area contributed by atoms with Gasteiger partial charge in [0.25, 0.3) is 0 Å². The molecule has 1 saturated heterocycles. The van der Waals surface area contributed by atoms with Crippen molar-refractivity contribution in [3.8, 4) is 0 Å². The third kappa shape index (κ3) is 3.89. The Morgan fingerprint density at radius 1 is 1.33 bits per heavy atom. The smallest absolute Gasteiger partial charge is 0.227 e. The molecule has 6 nitrogen and oxygen atoms in total. The highest BCUT2D eigenvalue weighted by molar-refractivity contribution is 5.77. The Labute approximate surface area is 107 Å². The Hall–Kier alpha value is -1.27. The maximum Gasteiger partial charge on any atom is 0.227 e. The van der Waals surface area contributed by atoms with Gasteiger partial charge in [0.1, 0.15) is 5.78 Å². The third-order valence-electron chi connectivity index (χ3n) is 3.16. The summed E-state index contributed by atoms with van der Waals surface area (Å²) >= 11 is 0. The number of hydrogen-bond acceptors (Lipinski definition) is 6. The zero-order valence-corrected chi connectivity index (χ0v) is 11.1. The Balaban J connectivity index is 1.76. The lowest BCUT2D eigenvalue weighted by molar-refractivity contribution is -0.116. The van der Waals surface area contributed by atoms with Crippen molar-refractivity contribution in [1.82, 2.24) is 19.9 Å². The van der Waals surface area contributed by atoms with Crippen molar-refractivity contribution in [3.05, 3.63) is 11.7 Å². The molecular formula is C12H20N4O2. The Morgan fingerprint density at radius 3 is 2.72 bits per heavy atom. The molecule has 0 radical (unpaired) electrons. The summed E-state index contributed by atoms with van der Waals surface area (Å²) in [6, 6.07) is 0. The molecule has 0 N–H and O–H groups in total. The van der Waals surface area contributed by atoms with Gasteiger partial charge in [-0.25, -0.2) is 0 Å². The molecule has 0 amide bonds. The number of piperazine rings is 1. The van der Waals surface area contributed by atoms with Gasteiger partial charge in [-0.15, -0.1) is 0 Å². The van der Waals surface area contributed by atoms with E-state index in [4.69, 9.17) is 4.52 Å². The van der Waals surface area contributed by atoms with Crippen LogP contribution < -0.4 is 0 Å². The van der Waals surface area contributed by atoms with E-state index in [1.165, 1.54) is 6.92 Å². The normalized spacial score (nSPS) is 18.1. The molecule has 2 heterocycles. The summed E-state index contributed by atoms with van der Waals surface area (Å²) in [5.41, 5.74) is 0. The first kappa shape index (κ1) is 13.2. The molecule has 0 bridgehead atoms. The molecule has 18 heavy (non-hydrogen) atoms. The number of ketones is 1. The Bertz CT molecular complexity index is 397. The third-order valence-corrected chi connectivity index (χ3v) is 3.16. The number of carbonyl (C=O) groups is 1. The van der Waals surface area contributed by atoms with E-state index in [-0.39, 0.29) is 12.2 Å². The van der Waals surface area contributed by atoms with E-state index < -0.39 is 0 Å². The molecule has 0 aromatic carbocycles. The number of nitrogens with zero attached hydrogens (tertiary/aromatic N) is 4. The second-order valence-electron chi connectivity index (χ2n) is 4.88. The molecule has 0 atom stereocenters. The van der Waals surface area contributed by atoms with Crippen molar-refractivity contribution in [1.29, 1.82) is 0 Å². The average Bonchev–Trinajstić information content (AvgIpc) is 2.75. The summed E-state index contributed by atoms with van der Waals surface area (Å²) in [7, 11) is 2.14. The van der Waals surface area contributed by atoms with E-state index >= 15 is 0 Å². The van der Waals surface area contributed by atoms with Crippen LogP contribution >= 0.6 is 0 Å². The van der Waals surface area contributed by atoms with Crippen LogP contribution in [0.1, 0.15) is 18.6 Å². The largest absolute Gasteiger partial charge is 0.339 e. The number of hydrogen-bond donors (Lipinski definition) is 0. The zero-order chi connectivity index (χ0) is 13.0. The molecule has 2 rings (SSSR count). The molecule has 0 saturated carbocycles. The minimum Gasteiger partial charge on any atom is -0.339 e. The molecule has 1 aliphatic heterocycles. The predicted octanol–water partition coefficient (Wildman–Crippen LogP) is -0.00900. The van der Waals surface area contributed by atoms with Crippen molar-refractivity contribution < 1.29 is 9.32 Å². The summed E-state index contributed by atoms with van der Waals surface area (Å²) in [6.45, 7) is 6.87. The average molecular weight is 252 g/mol. The first-order valence-electron chi connectivity index (χ1n) is 6.35. The van der Waals surface area contributed by atoms with Gasteiger partial charge in [0.2, 0.25) is 5.89 Å². The first-order chi connectivity index (χ1) is 8.63. The van der Waals surface area contributed by atoms with Crippen LogP contribution in [0.3, 0.4) is 0 Å². The molecule has 0 aliphatic carbocycles. The van der Waals surface area contributed by atoms with Gasteiger partial charge in [-0.05, 0) is 14.0 Å². The molecule has 1 aromatic heterocycles. The molecule has 100 valence electrons.